The van der Waals surface area contributed by atoms with Crippen LogP contribution in [0.25, 0.3) is 0 Å². The van der Waals surface area contributed by atoms with E-state index in [4.69, 9.17) is 14.2 Å². The van der Waals surface area contributed by atoms with Gasteiger partial charge in [-0.3, -0.25) is 0 Å². The summed E-state index contributed by atoms with van der Waals surface area (Å²) in [5.74, 6) is -0.0711. The molecule has 6 nitrogen and oxygen atoms in total. The van der Waals surface area contributed by atoms with E-state index in [0.717, 1.165) is 44.1 Å². The third kappa shape index (κ3) is 8.91. The number of carbonyl (C=O) groups is 1. The highest BCUT2D eigenvalue weighted by Gasteiger charge is 2.46. The molecule has 37 heavy (non-hydrogen) atoms. The molecule has 4 rings (SSSR count). The number of fused-ring (bicyclic) bond motifs is 3. The van der Waals surface area contributed by atoms with Gasteiger partial charge in [-0.1, -0.05) is 62.8 Å². The Balaban J connectivity index is 1.43. The number of ether oxygens (including phenoxy) is 3. The van der Waals surface area contributed by atoms with E-state index >= 15 is 0 Å². The van der Waals surface area contributed by atoms with E-state index in [-0.39, 0.29) is 24.4 Å². The Labute approximate surface area is 222 Å². The maximum Gasteiger partial charge on any atom is 0.330 e. The molecule has 4 aliphatic rings. The molecule has 0 radical (unpaired) electrons. The standard InChI is InChI=1S/C31H46O6/c1-21-8-4-10-23-11-5-12-24(35-23)13-6-14-29(34)36-27(19-28-30(37-28)26(33)18-21)25(32)16-15-22-9-7-17-31(2,3)20-22/h5-6,12,14-16,22-28,30,32-33H,1,4,7-11,13,17-20H2,2-3H3/b14-6-,16-15+/t22?,23-,24+,25+,26+,27?,28+,30+/m1/s1. The predicted octanol–water partition coefficient (Wildman–Crippen LogP) is 5.34. The number of hydrogen-bond donors (Lipinski definition) is 2. The van der Waals surface area contributed by atoms with Gasteiger partial charge in [0.05, 0.1) is 24.4 Å². The Morgan fingerprint density at radius 1 is 1.16 bits per heavy atom. The average molecular weight is 515 g/mol. The molecule has 3 aliphatic heterocycles. The molecule has 2 fully saturated rings. The number of rotatable bonds is 3. The van der Waals surface area contributed by atoms with Crippen molar-refractivity contribution in [3.05, 3.63) is 48.6 Å². The third-order valence-electron chi connectivity index (χ3n) is 8.23. The number of allylic oxidation sites excluding steroid dienone is 1. The van der Waals surface area contributed by atoms with Crippen molar-refractivity contribution in [2.24, 2.45) is 11.3 Å². The maximum absolute atomic E-state index is 12.7. The van der Waals surface area contributed by atoms with E-state index < -0.39 is 24.3 Å². The van der Waals surface area contributed by atoms with Crippen molar-refractivity contribution < 1.29 is 29.2 Å². The van der Waals surface area contributed by atoms with Crippen LogP contribution in [0.15, 0.2) is 48.6 Å². The summed E-state index contributed by atoms with van der Waals surface area (Å²) in [7, 11) is 0. The molecule has 0 aromatic rings. The van der Waals surface area contributed by atoms with Crippen molar-refractivity contribution in [2.45, 2.75) is 127 Å². The highest BCUT2D eigenvalue weighted by atomic mass is 16.6. The maximum atomic E-state index is 12.7. The first-order valence-corrected chi connectivity index (χ1v) is 14.2. The molecule has 3 heterocycles. The first-order chi connectivity index (χ1) is 17.7. The van der Waals surface area contributed by atoms with E-state index in [9.17, 15) is 15.0 Å². The molecule has 1 saturated heterocycles. The third-order valence-corrected chi connectivity index (χ3v) is 8.23. The van der Waals surface area contributed by atoms with Gasteiger partial charge in [-0.2, -0.15) is 0 Å². The minimum atomic E-state index is -0.935. The van der Waals surface area contributed by atoms with E-state index in [1.165, 1.54) is 18.9 Å². The van der Waals surface area contributed by atoms with Gasteiger partial charge >= 0.3 is 5.97 Å². The molecule has 6 heteroatoms. The molecule has 2 N–H and O–H groups in total. The second-order valence-corrected chi connectivity index (χ2v) is 12.3. The van der Waals surface area contributed by atoms with Crippen LogP contribution in [-0.4, -0.2) is 58.9 Å². The minimum absolute atomic E-state index is 0.0589. The summed E-state index contributed by atoms with van der Waals surface area (Å²) < 4.78 is 17.7. The summed E-state index contributed by atoms with van der Waals surface area (Å²) in [5.41, 5.74) is 1.32. The first kappa shape index (κ1) is 28.3. The summed E-state index contributed by atoms with van der Waals surface area (Å²) in [6.07, 6.45) is 18.2. The van der Waals surface area contributed by atoms with Gasteiger partial charge in [0.25, 0.3) is 0 Å². The van der Waals surface area contributed by atoms with Crippen molar-refractivity contribution >= 4 is 5.97 Å². The molecule has 0 aromatic carbocycles. The van der Waals surface area contributed by atoms with Gasteiger partial charge in [0.2, 0.25) is 0 Å². The lowest BCUT2D eigenvalue weighted by Gasteiger charge is -2.34. The first-order valence-electron chi connectivity index (χ1n) is 14.2. The number of cyclic esters (lactones) is 1. The zero-order valence-electron chi connectivity index (χ0n) is 22.6. The molecular weight excluding hydrogens is 468 g/mol. The van der Waals surface area contributed by atoms with Crippen LogP contribution < -0.4 is 0 Å². The Bertz CT molecular complexity index is 873. The van der Waals surface area contributed by atoms with Crippen molar-refractivity contribution in [1.29, 1.82) is 0 Å². The average Bonchev–Trinajstić information content (AvgIpc) is 3.61. The minimum Gasteiger partial charge on any atom is -0.456 e. The van der Waals surface area contributed by atoms with E-state index in [2.05, 4.69) is 32.6 Å². The Hall–Kier alpha value is -1.73. The van der Waals surface area contributed by atoms with Crippen molar-refractivity contribution in [3.8, 4) is 0 Å². The molecule has 1 saturated carbocycles. The van der Waals surface area contributed by atoms with Crippen LogP contribution >= 0.6 is 0 Å². The number of aliphatic hydroxyl groups excluding tert-OH is 2. The molecular formula is C31H46O6. The lowest BCUT2D eigenvalue weighted by Crippen LogP contribution is -2.32. The van der Waals surface area contributed by atoms with E-state index in [1.807, 2.05) is 6.08 Å². The second-order valence-electron chi connectivity index (χ2n) is 12.3. The van der Waals surface area contributed by atoms with Crippen LogP contribution in [0.5, 0.6) is 0 Å². The quantitative estimate of drug-likeness (QED) is 0.300. The van der Waals surface area contributed by atoms with Crippen molar-refractivity contribution in [2.75, 3.05) is 0 Å². The normalized spacial score (nSPS) is 39.2. The summed E-state index contributed by atoms with van der Waals surface area (Å²) in [5, 5.41) is 21.7. The molecule has 2 unspecified atom stereocenters. The summed E-state index contributed by atoms with van der Waals surface area (Å²) in [6, 6.07) is 0. The fraction of sp³-hybridized carbons (Fsp3) is 0.710. The molecule has 1 aliphatic carbocycles. The number of aliphatic hydroxyl groups is 2. The SMILES string of the molecule is C=C1CCC[C@@H]2CC=C[C@@H](C/C=C\C(=O)OC([C@@H](O)/C=C/C3CCCC(C)(C)C3)C[C@@H]3O[C@H]3[C@@H](O)C1)O2. The number of hydrogen-bond acceptors (Lipinski definition) is 6. The predicted molar refractivity (Wildman–Crippen MR) is 144 cm³/mol. The Kier molecular flexibility index (Phi) is 9.84. The Morgan fingerprint density at radius 3 is 2.81 bits per heavy atom. The second kappa shape index (κ2) is 12.9. The lowest BCUT2D eigenvalue weighted by atomic mass is 9.72. The summed E-state index contributed by atoms with van der Waals surface area (Å²) in [4.78, 5) is 12.7. The van der Waals surface area contributed by atoms with Crippen LogP contribution in [0.1, 0.15) is 84.5 Å². The number of epoxide rings is 1. The molecule has 0 amide bonds. The Morgan fingerprint density at radius 2 is 2.00 bits per heavy atom. The summed E-state index contributed by atoms with van der Waals surface area (Å²) >= 11 is 0. The molecule has 0 spiro atoms. The monoisotopic (exact) mass is 514 g/mol. The van der Waals surface area contributed by atoms with Crippen LogP contribution in [0.3, 0.4) is 0 Å². The lowest BCUT2D eigenvalue weighted by molar-refractivity contribution is -0.148. The van der Waals surface area contributed by atoms with Crippen molar-refractivity contribution in [3.63, 3.8) is 0 Å². The van der Waals surface area contributed by atoms with E-state index in [0.29, 0.717) is 30.6 Å². The molecule has 206 valence electrons. The zero-order valence-corrected chi connectivity index (χ0v) is 22.6. The number of esters is 1. The van der Waals surface area contributed by atoms with E-state index in [1.54, 1.807) is 12.2 Å². The smallest absolute Gasteiger partial charge is 0.330 e. The van der Waals surface area contributed by atoms with Gasteiger partial charge in [-0.15, -0.1) is 0 Å². The van der Waals surface area contributed by atoms with Gasteiger partial charge in [0, 0.05) is 12.5 Å². The van der Waals surface area contributed by atoms with Gasteiger partial charge in [0.1, 0.15) is 18.3 Å². The van der Waals surface area contributed by atoms with Crippen LogP contribution in [0, 0.1) is 11.3 Å². The summed E-state index contributed by atoms with van der Waals surface area (Å²) in [6.45, 7) is 8.75. The van der Waals surface area contributed by atoms with Crippen LogP contribution in [0.2, 0.25) is 0 Å². The van der Waals surface area contributed by atoms with Gasteiger partial charge in [-0.05, 0) is 69.1 Å². The van der Waals surface area contributed by atoms with Crippen LogP contribution in [0.4, 0.5) is 0 Å². The molecule has 2 bridgehead atoms. The molecule has 8 atom stereocenters. The van der Waals surface area contributed by atoms with Crippen molar-refractivity contribution in [1.82, 2.24) is 0 Å². The van der Waals surface area contributed by atoms with Crippen LogP contribution in [-0.2, 0) is 19.0 Å². The fourth-order valence-electron chi connectivity index (χ4n) is 6.12. The topological polar surface area (TPSA) is 88.5 Å². The fourth-order valence-corrected chi connectivity index (χ4v) is 6.12. The molecule has 0 aromatic heterocycles. The van der Waals surface area contributed by atoms with Gasteiger partial charge < -0.3 is 24.4 Å². The zero-order chi connectivity index (χ0) is 26.4. The van der Waals surface area contributed by atoms with Gasteiger partial charge in [-0.25, -0.2) is 4.79 Å². The highest BCUT2D eigenvalue weighted by Crippen LogP contribution is 2.39. The highest BCUT2D eigenvalue weighted by molar-refractivity contribution is 5.82. The number of carbonyl (C=O) groups excluding carboxylic acids is 1. The largest absolute Gasteiger partial charge is 0.456 e. The van der Waals surface area contributed by atoms with Gasteiger partial charge in [0.15, 0.2) is 0 Å².